The van der Waals surface area contributed by atoms with E-state index in [-0.39, 0.29) is 0 Å². The quantitative estimate of drug-likeness (QED) is 0.822. The van der Waals surface area contributed by atoms with Crippen molar-refractivity contribution in [1.29, 1.82) is 0 Å². The summed E-state index contributed by atoms with van der Waals surface area (Å²) in [5, 5.41) is 2.45. The summed E-state index contributed by atoms with van der Waals surface area (Å²) in [6.07, 6.45) is 7.95. The Balaban J connectivity index is 1.59. The van der Waals surface area contributed by atoms with Gasteiger partial charge in [-0.05, 0) is 42.0 Å². The third-order valence-corrected chi connectivity index (χ3v) is 5.17. The van der Waals surface area contributed by atoms with Crippen LogP contribution in [-0.4, -0.2) is 22.9 Å². The predicted octanol–water partition coefficient (Wildman–Crippen LogP) is 4.32. The summed E-state index contributed by atoms with van der Waals surface area (Å²) < 4.78 is 0. The van der Waals surface area contributed by atoms with E-state index in [1.165, 1.54) is 54.9 Å². The van der Waals surface area contributed by atoms with Gasteiger partial charge in [0.2, 0.25) is 5.91 Å². The molecule has 0 radical (unpaired) electrons. The Hall–Kier alpha value is -1.83. The van der Waals surface area contributed by atoms with Crippen LogP contribution in [0.3, 0.4) is 0 Å². The first-order valence-electron chi connectivity index (χ1n) is 8.61. The number of rotatable bonds is 4. The fraction of sp³-hybridized carbons (Fsp3) is 0.450. The number of nitrogens with zero attached hydrogens (tertiary/aromatic N) is 1. The van der Waals surface area contributed by atoms with Gasteiger partial charge in [-0.15, -0.1) is 0 Å². The lowest BCUT2D eigenvalue weighted by molar-refractivity contribution is -0.133. The Labute approximate surface area is 132 Å². The standard InChI is InChI=1S/C20H23NO/c22-20(21(18-12-13-18)17-9-2-3-10-17)14-16-8-5-7-15-6-1-4-11-19(15)16/h1,4-8,11,17-18H,2-3,9-10,12-14H2. The summed E-state index contributed by atoms with van der Waals surface area (Å²) in [6.45, 7) is 0. The molecule has 2 aromatic carbocycles. The predicted molar refractivity (Wildman–Crippen MR) is 89.8 cm³/mol. The fourth-order valence-electron chi connectivity index (χ4n) is 3.94. The van der Waals surface area contributed by atoms with Crippen LogP contribution < -0.4 is 0 Å². The van der Waals surface area contributed by atoms with Gasteiger partial charge in [-0.3, -0.25) is 4.79 Å². The SMILES string of the molecule is O=C(Cc1cccc2ccccc12)N(C1CCCC1)C1CC1. The smallest absolute Gasteiger partial charge is 0.227 e. The molecule has 2 saturated carbocycles. The maximum atomic E-state index is 13.0. The second-order valence-corrected chi connectivity index (χ2v) is 6.79. The van der Waals surface area contributed by atoms with Crippen LogP contribution in [0.4, 0.5) is 0 Å². The molecule has 4 rings (SSSR count). The van der Waals surface area contributed by atoms with Crippen molar-refractivity contribution in [2.45, 2.75) is 57.0 Å². The molecule has 2 aliphatic rings. The highest BCUT2D eigenvalue weighted by atomic mass is 16.2. The third kappa shape index (κ3) is 2.63. The van der Waals surface area contributed by atoms with Gasteiger partial charge >= 0.3 is 0 Å². The molecule has 0 N–H and O–H groups in total. The second kappa shape index (κ2) is 5.75. The molecule has 2 nitrogen and oxygen atoms in total. The first kappa shape index (κ1) is 13.8. The van der Waals surface area contributed by atoms with E-state index in [0.29, 0.717) is 24.4 Å². The van der Waals surface area contributed by atoms with Crippen molar-refractivity contribution in [3.63, 3.8) is 0 Å². The average molecular weight is 293 g/mol. The number of amides is 1. The zero-order chi connectivity index (χ0) is 14.9. The number of hydrogen-bond acceptors (Lipinski definition) is 1. The first-order chi connectivity index (χ1) is 10.8. The van der Waals surface area contributed by atoms with Gasteiger partial charge in [0, 0.05) is 12.1 Å². The highest BCUT2D eigenvalue weighted by Gasteiger charge is 2.38. The van der Waals surface area contributed by atoms with Crippen LogP contribution in [0.15, 0.2) is 42.5 Å². The van der Waals surface area contributed by atoms with Gasteiger partial charge in [-0.25, -0.2) is 0 Å². The summed E-state index contributed by atoms with van der Waals surface area (Å²) in [6, 6.07) is 15.7. The molecule has 0 atom stereocenters. The first-order valence-corrected chi connectivity index (χ1v) is 8.61. The molecule has 0 aliphatic heterocycles. The molecule has 0 saturated heterocycles. The van der Waals surface area contributed by atoms with Gasteiger partial charge in [-0.2, -0.15) is 0 Å². The molecule has 0 bridgehead atoms. The molecule has 0 spiro atoms. The van der Waals surface area contributed by atoms with Crippen molar-refractivity contribution in [2.24, 2.45) is 0 Å². The summed E-state index contributed by atoms with van der Waals surface area (Å²) in [7, 11) is 0. The zero-order valence-electron chi connectivity index (χ0n) is 13.0. The van der Waals surface area contributed by atoms with E-state index >= 15 is 0 Å². The number of benzene rings is 2. The van der Waals surface area contributed by atoms with Crippen molar-refractivity contribution >= 4 is 16.7 Å². The van der Waals surface area contributed by atoms with E-state index in [2.05, 4.69) is 47.4 Å². The Kier molecular flexibility index (Phi) is 3.61. The number of fused-ring (bicyclic) bond motifs is 1. The zero-order valence-corrected chi connectivity index (χ0v) is 13.0. The van der Waals surface area contributed by atoms with E-state index < -0.39 is 0 Å². The molecule has 0 heterocycles. The van der Waals surface area contributed by atoms with E-state index in [0.717, 1.165) is 0 Å². The lowest BCUT2D eigenvalue weighted by atomic mass is 10.0. The van der Waals surface area contributed by atoms with Gasteiger partial charge in [0.15, 0.2) is 0 Å². The average Bonchev–Trinajstić information content (AvgIpc) is 3.22. The topological polar surface area (TPSA) is 20.3 Å². The lowest BCUT2D eigenvalue weighted by Crippen LogP contribution is -2.41. The molecule has 1 amide bonds. The number of carbonyl (C=O) groups is 1. The summed E-state index contributed by atoms with van der Waals surface area (Å²) in [4.78, 5) is 15.2. The maximum Gasteiger partial charge on any atom is 0.227 e. The van der Waals surface area contributed by atoms with Crippen molar-refractivity contribution < 1.29 is 4.79 Å². The highest BCUT2D eigenvalue weighted by Crippen LogP contribution is 2.35. The second-order valence-electron chi connectivity index (χ2n) is 6.79. The largest absolute Gasteiger partial charge is 0.336 e. The Morgan fingerprint density at radius 2 is 1.59 bits per heavy atom. The minimum atomic E-state index is 0.339. The summed E-state index contributed by atoms with van der Waals surface area (Å²) in [5.74, 6) is 0.339. The molecule has 0 aromatic heterocycles. The summed E-state index contributed by atoms with van der Waals surface area (Å²) >= 11 is 0. The lowest BCUT2D eigenvalue weighted by Gasteiger charge is -2.29. The molecule has 2 aromatic rings. The molecule has 2 aliphatic carbocycles. The highest BCUT2D eigenvalue weighted by molar-refractivity contribution is 5.90. The van der Waals surface area contributed by atoms with Gasteiger partial charge in [-0.1, -0.05) is 55.3 Å². The van der Waals surface area contributed by atoms with Gasteiger partial charge in [0.05, 0.1) is 6.42 Å². The van der Waals surface area contributed by atoms with Gasteiger partial charge in [0.25, 0.3) is 0 Å². The van der Waals surface area contributed by atoms with Crippen LogP contribution in [0, 0.1) is 0 Å². The van der Waals surface area contributed by atoms with Crippen molar-refractivity contribution in [3.05, 3.63) is 48.0 Å². The minimum Gasteiger partial charge on any atom is -0.336 e. The van der Waals surface area contributed by atoms with Gasteiger partial charge in [0.1, 0.15) is 0 Å². The van der Waals surface area contributed by atoms with E-state index in [9.17, 15) is 4.79 Å². The molecule has 22 heavy (non-hydrogen) atoms. The molecule has 2 heteroatoms. The number of hydrogen-bond donors (Lipinski definition) is 0. The van der Waals surface area contributed by atoms with E-state index in [1.807, 2.05) is 0 Å². The van der Waals surface area contributed by atoms with Crippen molar-refractivity contribution in [2.75, 3.05) is 0 Å². The van der Waals surface area contributed by atoms with Crippen LogP contribution >= 0.6 is 0 Å². The molecular formula is C20H23NO. The number of carbonyl (C=O) groups excluding carboxylic acids is 1. The maximum absolute atomic E-state index is 13.0. The normalized spacial score (nSPS) is 18.7. The monoisotopic (exact) mass is 293 g/mol. The molecule has 114 valence electrons. The minimum absolute atomic E-state index is 0.339. The van der Waals surface area contributed by atoms with Crippen LogP contribution in [0.25, 0.3) is 10.8 Å². The van der Waals surface area contributed by atoms with Crippen molar-refractivity contribution in [1.82, 2.24) is 4.90 Å². The molecule has 0 unspecified atom stereocenters. The van der Waals surface area contributed by atoms with Crippen LogP contribution in [0.2, 0.25) is 0 Å². The van der Waals surface area contributed by atoms with Crippen LogP contribution in [-0.2, 0) is 11.2 Å². The van der Waals surface area contributed by atoms with Crippen LogP contribution in [0.1, 0.15) is 44.1 Å². The summed E-state index contributed by atoms with van der Waals surface area (Å²) in [5.41, 5.74) is 1.17. The van der Waals surface area contributed by atoms with Crippen molar-refractivity contribution in [3.8, 4) is 0 Å². The Morgan fingerprint density at radius 1 is 0.909 bits per heavy atom. The van der Waals surface area contributed by atoms with E-state index in [4.69, 9.17) is 0 Å². The molecular weight excluding hydrogens is 270 g/mol. The Bertz CT molecular complexity index is 678. The molecule has 2 fully saturated rings. The van der Waals surface area contributed by atoms with Gasteiger partial charge < -0.3 is 4.90 Å². The van der Waals surface area contributed by atoms with Crippen LogP contribution in [0.5, 0.6) is 0 Å². The van der Waals surface area contributed by atoms with E-state index in [1.54, 1.807) is 0 Å². The fourth-order valence-corrected chi connectivity index (χ4v) is 3.94. The third-order valence-electron chi connectivity index (χ3n) is 5.17. The Morgan fingerprint density at radius 3 is 2.36 bits per heavy atom.